The van der Waals surface area contributed by atoms with Crippen LogP contribution in [0.5, 0.6) is 0 Å². The summed E-state index contributed by atoms with van der Waals surface area (Å²) in [6.07, 6.45) is 1.76. The average Bonchev–Trinajstić information content (AvgIpc) is 2.75. The van der Waals surface area contributed by atoms with E-state index in [1.807, 2.05) is 60.7 Å². The van der Waals surface area contributed by atoms with Crippen molar-refractivity contribution in [1.82, 2.24) is 0 Å². The van der Waals surface area contributed by atoms with E-state index in [0.29, 0.717) is 0 Å². The topological polar surface area (TPSA) is 60.6 Å². The second-order valence-corrected chi connectivity index (χ2v) is 25.8. The van der Waals surface area contributed by atoms with Gasteiger partial charge < -0.3 is 14.2 Å². The molecule has 38 heavy (non-hydrogen) atoms. The number of carbonyl (C=O) groups is 1. The van der Waals surface area contributed by atoms with Crippen LogP contribution in [-0.2, 0) is 14.8 Å². The van der Waals surface area contributed by atoms with E-state index in [-0.39, 0.29) is 56.4 Å². The maximum atomic E-state index is 12.2. The number of carboxylic acids is 1. The molecule has 4 nitrogen and oxygen atoms in total. The Balaban J connectivity index is 0.00000118. The Morgan fingerprint density at radius 2 is 1.24 bits per heavy atom. The Hall–Kier alpha value is -0.143. The van der Waals surface area contributed by atoms with Crippen molar-refractivity contribution in [2.24, 2.45) is 11.3 Å². The first-order valence-electron chi connectivity index (χ1n) is 13.1. The molecular weight excluding hydrogens is 546 g/mol. The fraction of sp³-hybridized carbons (Fsp3) is 0.500. The van der Waals surface area contributed by atoms with E-state index >= 15 is 0 Å². The van der Waals surface area contributed by atoms with Gasteiger partial charge in [-0.05, 0) is 30.0 Å². The Kier molecular flexibility index (Phi) is 15.1. The molecule has 0 aliphatic carbocycles. The minimum atomic E-state index is -1.11. The van der Waals surface area contributed by atoms with Crippen LogP contribution in [0.3, 0.4) is 0 Å². The Bertz CT molecular complexity index is 944. The predicted octanol–water partition coefficient (Wildman–Crippen LogP) is 5.20. The van der Waals surface area contributed by atoms with Gasteiger partial charge in [0, 0.05) is 5.92 Å². The molecule has 0 saturated carbocycles. The van der Waals surface area contributed by atoms with Crippen LogP contribution in [0.2, 0.25) is 44.3 Å². The van der Waals surface area contributed by atoms with Crippen molar-refractivity contribution >= 4 is 32.2 Å². The molecule has 0 bridgehead atoms. The maximum absolute atomic E-state index is 12.2. The van der Waals surface area contributed by atoms with Crippen molar-refractivity contribution in [3.8, 4) is 0 Å². The number of hydrogen-bond donors (Lipinski definition) is 1. The molecule has 2 aromatic rings. The maximum Gasteiger partial charge on any atom is 1.00 e. The van der Waals surface area contributed by atoms with Crippen LogP contribution in [0.4, 0.5) is 0 Å². The van der Waals surface area contributed by atoms with Gasteiger partial charge in [0.15, 0.2) is 9.76 Å². The Labute approximate surface area is 280 Å². The van der Waals surface area contributed by atoms with E-state index in [0.717, 1.165) is 11.1 Å². The second kappa shape index (κ2) is 15.2. The third kappa shape index (κ3) is 11.8. The molecule has 0 radical (unpaired) electrons. The zero-order chi connectivity index (χ0) is 28.7. The molecule has 2 aromatic carbocycles. The van der Waals surface area contributed by atoms with Gasteiger partial charge >= 0.3 is 57.4 Å². The van der Waals surface area contributed by atoms with E-state index < -0.39 is 49.1 Å². The van der Waals surface area contributed by atoms with E-state index in [2.05, 4.69) is 66.6 Å². The monoisotopic (exact) mass is 595 g/mol. The van der Waals surface area contributed by atoms with Crippen LogP contribution < -0.4 is 51.4 Å². The molecule has 2 rings (SSSR count). The third-order valence-electron chi connectivity index (χ3n) is 5.81. The summed E-state index contributed by atoms with van der Waals surface area (Å²) in [6, 6.07) is 19.9. The quantitative estimate of drug-likeness (QED) is 0.304. The standard InChI is InChI=1S/C24H32O3Si.C6H18NSi2.K/c1-7-20(23(5,6)21(25)26)24(27-28-22(2,3)4,18-14-10-8-11-15-18)19-16-12-9-13-17-19;1-8(2,3)7-9(4,5)6;/h7-17,20H,1,28H2,2-6H3,(H,25,26);1-6H3;/q;-1;+1. The van der Waals surface area contributed by atoms with Gasteiger partial charge in [0.1, 0.15) is 5.60 Å². The van der Waals surface area contributed by atoms with E-state index in [1.165, 1.54) is 0 Å². The number of benzene rings is 2. The van der Waals surface area contributed by atoms with Crippen molar-refractivity contribution in [3.63, 3.8) is 0 Å². The molecule has 0 aromatic heterocycles. The fourth-order valence-corrected chi connectivity index (χ4v) is 13.8. The molecule has 0 spiro atoms. The summed E-state index contributed by atoms with van der Waals surface area (Å²) in [5, 5.41) is 10.1. The number of rotatable bonds is 10. The van der Waals surface area contributed by atoms with Crippen LogP contribution >= 0.6 is 0 Å². The summed E-state index contributed by atoms with van der Waals surface area (Å²) in [5.41, 5.74) is -0.0693. The summed E-state index contributed by atoms with van der Waals surface area (Å²) in [5.74, 6) is -1.33. The van der Waals surface area contributed by atoms with Gasteiger partial charge in [0.2, 0.25) is 0 Å². The van der Waals surface area contributed by atoms with Gasteiger partial charge in [0.05, 0.1) is 5.41 Å². The van der Waals surface area contributed by atoms with Gasteiger partial charge in [-0.1, -0.05) is 143 Å². The predicted molar refractivity (Wildman–Crippen MR) is 168 cm³/mol. The summed E-state index contributed by atoms with van der Waals surface area (Å²) in [7, 11) is -3.23. The second-order valence-electron chi connectivity index (χ2n) is 13.5. The zero-order valence-electron chi connectivity index (χ0n) is 26.1. The van der Waals surface area contributed by atoms with Gasteiger partial charge in [-0.2, -0.15) is 0 Å². The Morgan fingerprint density at radius 1 is 0.868 bits per heavy atom. The molecule has 0 amide bonds. The van der Waals surface area contributed by atoms with Crippen LogP contribution in [-0.4, -0.2) is 37.3 Å². The average molecular weight is 596 g/mol. The normalized spacial score (nSPS) is 13.8. The van der Waals surface area contributed by atoms with Crippen LogP contribution in [0.15, 0.2) is 73.3 Å². The molecule has 0 fully saturated rings. The SMILES string of the molecule is C=CC(C(C)(C)C(=O)O)C(O[SiH2]C(C)(C)C)(c1ccccc1)c1ccccc1.C[Si](C)(C)[N-][Si](C)(C)C.[K+]. The largest absolute Gasteiger partial charge is 1.00 e. The van der Waals surface area contributed by atoms with Crippen molar-refractivity contribution in [2.45, 2.75) is 84.5 Å². The van der Waals surface area contributed by atoms with Gasteiger partial charge in [-0.25, -0.2) is 0 Å². The van der Waals surface area contributed by atoms with Crippen LogP contribution in [0, 0.1) is 11.3 Å². The number of carboxylic acid groups (broad SMARTS) is 1. The zero-order valence-corrected chi connectivity index (χ0v) is 32.6. The Morgan fingerprint density at radius 3 is 1.47 bits per heavy atom. The molecule has 0 heterocycles. The molecule has 1 atom stereocenters. The summed E-state index contributed by atoms with van der Waals surface area (Å²) >= 11 is 0. The van der Waals surface area contributed by atoms with E-state index in [4.69, 9.17) is 9.07 Å². The minimum absolute atomic E-state index is 0. The van der Waals surface area contributed by atoms with Gasteiger partial charge in [0.25, 0.3) is 0 Å². The van der Waals surface area contributed by atoms with Crippen molar-refractivity contribution in [3.05, 3.63) is 89.1 Å². The van der Waals surface area contributed by atoms with Gasteiger partial charge in [-0.15, -0.1) is 6.58 Å². The molecule has 206 valence electrons. The van der Waals surface area contributed by atoms with E-state index in [9.17, 15) is 9.90 Å². The van der Waals surface area contributed by atoms with Crippen molar-refractivity contribution in [2.75, 3.05) is 0 Å². The summed E-state index contributed by atoms with van der Waals surface area (Å²) in [4.78, 5) is 12.2. The number of nitrogens with zero attached hydrogens (tertiary/aromatic N) is 1. The molecule has 0 saturated heterocycles. The summed E-state index contributed by atoms with van der Waals surface area (Å²) < 4.78 is 11.7. The molecule has 0 aliphatic heterocycles. The van der Waals surface area contributed by atoms with Crippen molar-refractivity contribution < 1.29 is 65.7 Å². The third-order valence-corrected chi connectivity index (χ3v) is 12.6. The van der Waals surface area contributed by atoms with Crippen molar-refractivity contribution in [1.29, 1.82) is 0 Å². The molecular formula is C30H50KNO3Si3. The van der Waals surface area contributed by atoms with Crippen LogP contribution in [0.1, 0.15) is 45.7 Å². The summed E-state index contributed by atoms with van der Waals surface area (Å²) in [6.45, 7) is 27.8. The first-order chi connectivity index (χ1) is 16.8. The minimum Gasteiger partial charge on any atom is -0.668 e. The van der Waals surface area contributed by atoms with Gasteiger partial charge in [-0.3, -0.25) is 4.79 Å². The van der Waals surface area contributed by atoms with Crippen LogP contribution in [0.25, 0.3) is 4.65 Å². The van der Waals surface area contributed by atoms with E-state index in [1.54, 1.807) is 19.9 Å². The number of aliphatic carboxylic acids is 1. The molecule has 8 heteroatoms. The first kappa shape index (κ1) is 37.9. The molecule has 1 N–H and O–H groups in total. The fourth-order valence-electron chi connectivity index (χ4n) is 4.59. The molecule has 0 aliphatic rings. The number of hydrogen-bond acceptors (Lipinski definition) is 2. The molecule has 1 unspecified atom stereocenters. The smallest absolute Gasteiger partial charge is 0.668 e. The first-order valence-corrected chi connectivity index (χ1v) is 21.3.